The predicted octanol–water partition coefficient (Wildman–Crippen LogP) is 1.33. The second kappa shape index (κ2) is 6.29. The van der Waals surface area contributed by atoms with Gasteiger partial charge in [-0.1, -0.05) is 35.5 Å². The molecule has 1 aromatic heterocycles. The summed E-state index contributed by atoms with van der Waals surface area (Å²) in [6.45, 7) is 0.669. The Hall–Kier alpha value is -2.21. The number of hydrogen-bond acceptors (Lipinski definition) is 4. The second-order valence-corrected chi connectivity index (χ2v) is 5.81. The quantitative estimate of drug-likeness (QED) is 0.474. The van der Waals surface area contributed by atoms with E-state index >= 15 is 0 Å². The molecule has 0 aliphatic heterocycles. The monoisotopic (exact) mass is 291 g/mol. The molecule has 0 radical (unpaired) electrons. The highest BCUT2D eigenvalue weighted by molar-refractivity contribution is 7.85. The number of aromatic nitrogens is 1. The number of hydrogen-bond donors (Lipinski definition) is 0. The molecule has 0 fully saturated rings. The third-order valence-corrected chi connectivity index (χ3v) is 2.89. The van der Waals surface area contributed by atoms with Gasteiger partial charge in [0.15, 0.2) is 12.7 Å². The van der Waals surface area contributed by atoms with Crippen molar-refractivity contribution in [2.45, 2.75) is 6.54 Å². The van der Waals surface area contributed by atoms with E-state index in [2.05, 4.69) is 9.44 Å². The lowest BCUT2D eigenvalue weighted by atomic mass is 10.2. The molecule has 20 heavy (non-hydrogen) atoms. The molecule has 0 spiro atoms. The minimum atomic E-state index is -3.57. The van der Waals surface area contributed by atoms with Crippen LogP contribution in [0.2, 0.25) is 0 Å². The van der Waals surface area contributed by atoms with Gasteiger partial charge in [-0.05, 0) is 6.07 Å². The van der Waals surface area contributed by atoms with E-state index < -0.39 is 10.1 Å². The highest BCUT2D eigenvalue weighted by atomic mass is 32.2. The fraction of sp³-hybridized carbons (Fsp3) is 0.143. The minimum Gasteiger partial charge on any atom is -0.268 e. The van der Waals surface area contributed by atoms with Crippen LogP contribution in [0.15, 0.2) is 59.9 Å². The van der Waals surface area contributed by atoms with Crippen molar-refractivity contribution in [3.63, 3.8) is 0 Å². The van der Waals surface area contributed by atoms with Gasteiger partial charge in [0.2, 0.25) is 5.69 Å². The van der Waals surface area contributed by atoms with Gasteiger partial charge >= 0.3 is 10.1 Å². The summed E-state index contributed by atoms with van der Waals surface area (Å²) in [4.78, 5) is 0. The number of rotatable bonds is 5. The van der Waals surface area contributed by atoms with Crippen molar-refractivity contribution >= 4 is 16.3 Å². The lowest BCUT2D eigenvalue weighted by Gasteiger charge is -2.00. The van der Waals surface area contributed by atoms with Gasteiger partial charge in [0.1, 0.15) is 6.21 Å². The van der Waals surface area contributed by atoms with Crippen LogP contribution >= 0.6 is 0 Å². The summed E-state index contributed by atoms with van der Waals surface area (Å²) in [6, 6.07) is 15.5. The van der Waals surface area contributed by atoms with E-state index in [1.54, 1.807) is 0 Å². The summed E-state index contributed by atoms with van der Waals surface area (Å²) in [5, 5.41) is 3.48. The average molecular weight is 291 g/mol. The van der Waals surface area contributed by atoms with Crippen LogP contribution in [0.5, 0.6) is 0 Å². The van der Waals surface area contributed by atoms with Crippen LogP contribution in [0.4, 0.5) is 0 Å². The zero-order valence-electron chi connectivity index (χ0n) is 11.0. The Balaban J connectivity index is 2.18. The topological polar surface area (TPSA) is 59.6 Å². The molecule has 0 aliphatic rings. The molecule has 2 aromatic rings. The maximum Gasteiger partial charge on any atom is 0.325 e. The molecule has 2 rings (SSSR count). The van der Waals surface area contributed by atoms with Gasteiger partial charge in [-0.2, -0.15) is 13.0 Å². The highest BCUT2D eigenvalue weighted by Crippen LogP contribution is 1.99. The average Bonchev–Trinajstić information content (AvgIpc) is 2.40. The van der Waals surface area contributed by atoms with Crippen molar-refractivity contribution in [1.29, 1.82) is 0 Å². The molecule has 0 saturated heterocycles. The smallest absolute Gasteiger partial charge is 0.268 e. The van der Waals surface area contributed by atoms with Gasteiger partial charge in [-0.25, -0.2) is 0 Å². The van der Waals surface area contributed by atoms with Gasteiger partial charge in [0, 0.05) is 17.7 Å². The van der Waals surface area contributed by atoms with Crippen molar-refractivity contribution in [3.05, 3.63) is 66.0 Å². The van der Waals surface area contributed by atoms with Gasteiger partial charge in [0.05, 0.1) is 6.26 Å². The van der Waals surface area contributed by atoms with Crippen molar-refractivity contribution in [2.75, 3.05) is 6.26 Å². The van der Waals surface area contributed by atoms with Crippen LogP contribution < -0.4 is 4.57 Å². The Morgan fingerprint density at radius 3 is 2.55 bits per heavy atom. The molecule has 0 atom stereocenters. The Kier molecular flexibility index (Phi) is 4.47. The van der Waals surface area contributed by atoms with E-state index in [-0.39, 0.29) is 0 Å². The summed E-state index contributed by atoms with van der Waals surface area (Å²) in [5.41, 5.74) is 1.89. The first-order valence-electron chi connectivity index (χ1n) is 5.99. The predicted molar refractivity (Wildman–Crippen MR) is 75.7 cm³/mol. The molecular weight excluding hydrogens is 276 g/mol. The Bertz CT molecular complexity index is 697. The third-order valence-electron chi connectivity index (χ3n) is 2.53. The van der Waals surface area contributed by atoms with E-state index in [0.717, 1.165) is 17.5 Å². The summed E-state index contributed by atoms with van der Waals surface area (Å²) >= 11 is 0. The zero-order chi connectivity index (χ0) is 14.4. The summed E-state index contributed by atoms with van der Waals surface area (Å²) in [7, 11) is -3.57. The van der Waals surface area contributed by atoms with Crippen LogP contribution in [0, 0.1) is 0 Å². The van der Waals surface area contributed by atoms with Crippen molar-refractivity contribution in [2.24, 2.45) is 5.16 Å². The van der Waals surface area contributed by atoms with Gasteiger partial charge in [-0.15, -0.1) is 0 Å². The minimum absolute atomic E-state index is 0.669. The first-order valence-corrected chi connectivity index (χ1v) is 7.81. The van der Waals surface area contributed by atoms with Crippen LogP contribution in [-0.2, 0) is 20.9 Å². The summed E-state index contributed by atoms with van der Waals surface area (Å²) in [6.07, 6.45) is 4.23. The lowest BCUT2D eigenvalue weighted by molar-refractivity contribution is -0.689. The third kappa shape index (κ3) is 4.47. The zero-order valence-corrected chi connectivity index (χ0v) is 11.8. The molecule has 5 nitrogen and oxygen atoms in total. The molecule has 1 aromatic carbocycles. The van der Waals surface area contributed by atoms with E-state index in [1.807, 2.05) is 59.3 Å². The molecule has 104 valence electrons. The molecule has 6 heteroatoms. The first-order chi connectivity index (χ1) is 9.54. The molecule has 0 aliphatic carbocycles. The number of nitrogens with zero attached hydrogens (tertiary/aromatic N) is 2. The fourth-order valence-electron chi connectivity index (χ4n) is 1.68. The summed E-state index contributed by atoms with van der Waals surface area (Å²) in [5.74, 6) is 0. The molecular formula is C14H15N2O3S+. The van der Waals surface area contributed by atoms with Crippen LogP contribution in [-0.4, -0.2) is 20.9 Å². The number of benzene rings is 1. The molecule has 0 unspecified atom stereocenters. The standard InChI is InChI=1S/C14H15N2O3S/c1-20(17,18)19-15-11-14-9-5-6-10-16(14)12-13-7-3-2-4-8-13/h2-11H,12H2,1H3/q+1. The van der Waals surface area contributed by atoms with E-state index in [0.29, 0.717) is 6.54 Å². The van der Waals surface area contributed by atoms with Crippen LogP contribution in [0.3, 0.4) is 0 Å². The Morgan fingerprint density at radius 1 is 1.15 bits per heavy atom. The van der Waals surface area contributed by atoms with Gasteiger partial charge < -0.3 is 0 Å². The first kappa shape index (κ1) is 14.2. The van der Waals surface area contributed by atoms with Crippen LogP contribution in [0.25, 0.3) is 0 Å². The number of pyridine rings is 1. The molecule has 0 N–H and O–H groups in total. The van der Waals surface area contributed by atoms with Crippen LogP contribution in [0.1, 0.15) is 11.3 Å². The van der Waals surface area contributed by atoms with E-state index in [9.17, 15) is 8.42 Å². The normalized spacial score (nSPS) is 11.7. The van der Waals surface area contributed by atoms with E-state index in [1.165, 1.54) is 6.21 Å². The van der Waals surface area contributed by atoms with Gasteiger partial charge in [-0.3, -0.25) is 4.28 Å². The molecule has 0 saturated carbocycles. The maximum absolute atomic E-state index is 10.9. The van der Waals surface area contributed by atoms with Crippen molar-refractivity contribution in [1.82, 2.24) is 0 Å². The Morgan fingerprint density at radius 2 is 1.85 bits per heavy atom. The Labute approximate surface area is 118 Å². The van der Waals surface area contributed by atoms with Crippen molar-refractivity contribution in [3.8, 4) is 0 Å². The number of oxime groups is 1. The SMILES string of the molecule is CS(=O)(=O)ON=Cc1cccc[n+]1Cc1ccccc1. The molecule has 0 amide bonds. The summed E-state index contributed by atoms with van der Waals surface area (Å²) < 4.78 is 28.0. The largest absolute Gasteiger partial charge is 0.325 e. The maximum atomic E-state index is 10.9. The van der Waals surface area contributed by atoms with E-state index in [4.69, 9.17) is 0 Å². The molecule has 0 bridgehead atoms. The molecule has 1 heterocycles. The fourth-order valence-corrected chi connectivity index (χ4v) is 1.88. The second-order valence-electron chi connectivity index (χ2n) is 4.25. The van der Waals surface area contributed by atoms with Gasteiger partial charge in [0.25, 0.3) is 0 Å². The lowest BCUT2D eigenvalue weighted by Crippen LogP contribution is -2.38. The highest BCUT2D eigenvalue weighted by Gasteiger charge is 2.08. The van der Waals surface area contributed by atoms with Crippen molar-refractivity contribution < 1.29 is 17.3 Å².